The average Bonchev–Trinajstić information content (AvgIpc) is 2.63. The first-order valence-corrected chi connectivity index (χ1v) is 10.6. The van der Waals surface area contributed by atoms with Crippen molar-refractivity contribution in [1.29, 1.82) is 0 Å². The van der Waals surface area contributed by atoms with Gasteiger partial charge in [0.25, 0.3) is 0 Å². The number of carbonyl (C=O) groups is 2. The Bertz CT molecular complexity index is 734. The molecule has 8 nitrogen and oxygen atoms in total. The van der Waals surface area contributed by atoms with Gasteiger partial charge >= 0.3 is 0 Å². The minimum Gasteiger partial charge on any atom is -0.497 e. The fourth-order valence-electron chi connectivity index (χ4n) is 2.30. The Morgan fingerprint density at radius 1 is 1.22 bits per heavy atom. The van der Waals surface area contributed by atoms with Gasteiger partial charge in [-0.1, -0.05) is 19.1 Å². The van der Waals surface area contributed by atoms with Crippen LogP contribution in [0, 0.1) is 0 Å². The lowest BCUT2D eigenvalue weighted by Gasteiger charge is -2.30. The lowest BCUT2D eigenvalue weighted by Crippen LogP contribution is -2.50. The van der Waals surface area contributed by atoms with E-state index in [9.17, 15) is 18.0 Å². The van der Waals surface area contributed by atoms with Crippen molar-refractivity contribution in [2.75, 3.05) is 33.5 Å². The summed E-state index contributed by atoms with van der Waals surface area (Å²) in [5.41, 5.74) is 0.807. The largest absolute Gasteiger partial charge is 0.497 e. The third-order valence-corrected chi connectivity index (χ3v) is 5.41. The molecular weight excluding hydrogens is 370 g/mol. The normalized spacial score (nSPS) is 12.5. The van der Waals surface area contributed by atoms with Crippen molar-refractivity contribution < 1.29 is 22.7 Å². The molecule has 0 saturated carbocycles. The lowest BCUT2D eigenvalue weighted by atomic mass is 10.1. The second kappa shape index (κ2) is 10.3. The highest BCUT2D eigenvalue weighted by atomic mass is 32.2. The number of sulfonamides is 1. The average molecular weight is 400 g/mol. The van der Waals surface area contributed by atoms with E-state index >= 15 is 0 Å². The first kappa shape index (κ1) is 22.9. The van der Waals surface area contributed by atoms with Crippen LogP contribution in [-0.4, -0.2) is 69.0 Å². The predicted molar refractivity (Wildman–Crippen MR) is 104 cm³/mol. The number of ether oxygens (including phenoxy) is 1. The number of methoxy groups -OCH3 is 1. The van der Waals surface area contributed by atoms with E-state index in [1.165, 1.54) is 11.9 Å². The topological polar surface area (TPSA) is 96.0 Å². The maximum absolute atomic E-state index is 12.8. The van der Waals surface area contributed by atoms with Gasteiger partial charge in [-0.25, -0.2) is 8.42 Å². The van der Waals surface area contributed by atoms with Crippen molar-refractivity contribution in [3.8, 4) is 5.75 Å². The predicted octanol–water partition coefficient (Wildman–Crippen LogP) is 0.830. The van der Waals surface area contributed by atoms with Crippen LogP contribution < -0.4 is 10.1 Å². The molecule has 0 heterocycles. The van der Waals surface area contributed by atoms with Gasteiger partial charge in [-0.3, -0.25) is 9.59 Å². The van der Waals surface area contributed by atoms with Crippen molar-refractivity contribution in [2.45, 2.75) is 32.9 Å². The molecule has 0 radical (unpaired) electrons. The van der Waals surface area contributed by atoms with Gasteiger partial charge in [-0.15, -0.1) is 0 Å². The first-order chi connectivity index (χ1) is 12.6. The molecule has 1 N–H and O–H groups in total. The molecule has 1 rings (SSSR count). The fourth-order valence-corrected chi connectivity index (χ4v) is 2.65. The number of amides is 2. The molecular formula is C18H29N3O5S. The third kappa shape index (κ3) is 7.18. The van der Waals surface area contributed by atoms with Crippen LogP contribution in [0.5, 0.6) is 5.75 Å². The second-order valence-electron chi connectivity index (χ2n) is 6.36. The van der Waals surface area contributed by atoms with Gasteiger partial charge in [0.1, 0.15) is 11.8 Å². The van der Waals surface area contributed by atoms with Gasteiger partial charge in [0.15, 0.2) is 0 Å². The highest BCUT2D eigenvalue weighted by Gasteiger charge is 2.28. The number of hydrogen-bond acceptors (Lipinski definition) is 5. The van der Waals surface area contributed by atoms with Crippen molar-refractivity contribution in [3.63, 3.8) is 0 Å². The standard InChI is InChI=1S/C18H29N3O5S/c1-6-11-19-18(23)14(2)21(17(22)13-20(3)27(5,24)25)12-15-7-9-16(26-4)10-8-15/h7-10,14H,6,11-13H2,1-5H3,(H,19,23)/t14-/m1/s1. The number of likely N-dealkylation sites (N-methyl/N-ethyl adjacent to an activating group) is 1. The summed E-state index contributed by atoms with van der Waals surface area (Å²) in [4.78, 5) is 26.5. The van der Waals surface area contributed by atoms with E-state index in [0.717, 1.165) is 22.5 Å². The van der Waals surface area contributed by atoms with Crippen molar-refractivity contribution in [1.82, 2.24) is 14.5 Å². The molecule has 1 aromatic rings. The SMILES string of the molecule is CCCNC(=O)[C@@H](C)N(Cc1ccc(OC)cc1)C(=O)CN(C)S(C)(=O)=O. The molecule has 0 aromatic heterocycles. The fraction of sp³-hybridized carbons (Fsp3) is 0.556. The summed E-state index contributed by atoms with van der Waals surface area (Å²) in [6, 6.07) is 6.40. The van der Waals surface area contributed by atoms with E-state index in [4.69, 9.17) is 4.74 Å². The maximum atomic E-state index is 12.8. The Labute approximate surface area is 161 Å². The molecule has 9 heteroatoms. The molecule has 27 heavy (non-hydrogen) atoms. The number of hydrogen-bond donors (Lipinski definition) is 1. The molecule has 0 bridgehead atoms. The Hall–Kier alpha value is -2.13. The summed E-state index contributed by atoms with van der Waals surface area (Å²) in [5.74, 6) is -0.0409. The zero-order valence-corrected chi connectivity index (χ0v) is 17.4. The lowest BCUT2D eigenvalue weighted by molar-refractivity contribution is -0.140. The van der Waals surface area contributed by atoms with Crippen LogP contribution >= 0.6 is 0 Å². The smallest absolute Gasteiger partial charge is 0.242 e. The summed E-state index contributed by atoms with van der Waals surface area (Å²) in [6.45, 7) is 3.93. The van der Waals surface area contributed by atoms with Crippen LogP contribution in [0.15, 0.2) is 24.3 Å². The van der Waals surface area contributed by atoms with Gasteiger partial charge in [-0.05, 0) is 31.0 Å². The summed E-state index contributed by atoms with van der Waals surface area (Å²) >= 11 is 0. The van der Waals surface area contributed by atoms with Gasteiger partial charge in [0, 0.05) is 20.1 Å². The molecule has 0 saturated heterocycles. The van der Waals surface area contributed by atoms with Crippen LogP contribution in [0.3, 0.4) is 0 Å². The highest BCUT2D eigenvalue weighted by molar-refractivity contribution is 7.88. The van der Waals surface area contributed by atoms with Gasteiger partial charge in [0.2, 0.25) is 21.8 Å². The van der Waals surface area contributed by atoms with E-state index in [1.54, 1.807) is 38.3 Å². The Morgan fingerprint density at radius 3 is 2.30 bits per heavy atom. The van der Waals surface area contributed by atoms with Crippen molar-refractivity contribution in [2.24, 2.45) is 0 Å². The molecule has 0 spiro atoms. The second-order valence-corrected chi connectivity index (χ2v) is 8.45. The number of nitrogens with zero attached hydrogens (tertiary/aromatic N) is 2. The van der Waals surface area contributed by atoms with Crippen molar-refractivity contribution in [3.05, 3.63) is 29.8 Å². The van der Waals surface area contributed by atoms with Gasteiger partial charge in [0.05, 0.1) is 19.9 Å². The molecule has 1 aromatic carbocycles. The van der Waals surface area contributed by atoms with Crippen LogP contribution in [-0.2, 0) is 26.2 Å². The van der Waals surface area contributed by atoms with E-state index in [-0.39, 0.29) is 19.0 Å². The third-order valence-electron chi connectivity index (χ3n) is 4.15. The summed E-state index contributed by atoms with van der Waals surface area (Å²) in [6.07, 6.45) is 1.81. The minimum atomic E-state index is -3.50. The van der Waals surface area contributed by atoms with E-state index < -0.39 is 22.0 Å². The zero-order valence-electron chi connectivity index (χ0n) is 16.6. The highest BCUT2D eigenvalue weighted by Crippen LogP contribution is 2.15. The maximum Gasteiger partial charge on any atom is 0.242 e. The van der Waals surface area contributed by atoms with Crippen LogP contribution in [0.4, 0.5) is 0 Å². The molecule has 2 amide bonds. The van der Waals surface area contributed by atoms with Gasteiger partial charge in [-0.2, -0.15) is 4.31 Å². The molecule has 0 aliphatic heterocycles. The minimum absolute atomic E-state index is 0.182. The molecule has 0 aliphatic rings. The zero-order chi connectivity index (χ0) is 20.6. The van der Waals surface area contributed by atoms with Crippen molar-refractivity contribution >= 4 is 21.8 Å². The molecule has 152 valence electrons. The summed E-state index contributed by atoms with van der Waals surface area (Å²) < 4.78 is 29.3. The first-order valence-electron chi connectivity index (χ1n) is 8.71. The van der Waals surface area contributed by atoms with Crippen LogP contribution in [0.25, 0.3) is 0 Å². The van der Waals surface area contributed by atoms with Crippen LogP contribution in [0.1, 0.15) is 25.8 Å². The number of rotatable bonds is 10. The summed E-state index contributed by atoms with van der Waals surface area (Å²) in [7, 11) is -0.609. The summed E-state index contributed by atoms with van der Waals surface area (Å²) in [5, 5.41) is 2.77. The molecule has 1 atom stereocenters. The van der Waals surface area contributed by atoms with E-state index in [2.05, 4.69) is 5.32 Å². The number of nitrogens with one attached hydrogen (secondary N) is 1. The number of carbonyl (C=O) groups excluding carboxylic acids is 2. The van der Waals surface area contributed by atoms with Crippen LogP contribution in [0.2, 0.25) is 0 Å². The monoisotopic (exact) mass is 399 g/mol. The molecule has 0 fully saturated rings. The molecule has 0 aliphatic carbocycles. The number of benzene rings is 1. The molecule has 0 unspecified atom stereocenters. The quantitative estimate of drug-likeness (QED) is 0.629. The van der Waals surface area contributed by atoms with E-state index in [1.807, 2.05) is 6.92 Å². The Morgan fingerprint density at radius 2 is 1.81 bits per heavy atom. The Kier molecular flexibility index (Phi) is 8.71. The van der Waals surface area contributed by atoms with Gasteiger partial charge < -0.3 is 15.0 Å². The Balaban J connectivity index is 3.02. The van der Waals surface area contributed by atoms with E-state index in [0.29, 0.717) is 12.3 Å².